The SMILES string of the molecule is COc1cccc(CCNC(=O)c2cccnc2SC(F)F)c1. The summed E-state index contributed by atoms with van der Waals surface area (Å²) in [6.45, 7) is 0.389. The van der Waals surface area contributed by atoms with Gasteiger partial charge in [-0.2, -0.15) is 8.78 Å². The number of rotatable bonds is 7. The van der Waals surface area contributed by atoms with E-state index in [1.807, 2.05) is 24.3 Å². The number of nitrogens with zero attached hydrogens (tertiary/aromatic N) is 1. The zero-order valence-corrected chi connectivity index (χ0v) is 13.3. The quantitative estimate of drug-likeness (QED) is 0.787. The summed E-state index contributed by atoms with van der Waals surface area (Å²) in [5, 5.41) is 2.75. The second-order valence-electron chi connectivity index (χ2n) is 4.59. The Morgan fingerprint density at radius 2 is 2.17 bits per heavy atom. The normalized spacial score (nSPS) is 10.6. The number of halogens is 2. The molecule has 0 saturated heterocycles. The number of ether oxygens (including phenoxy) is 1. The molecule has 1 aromatic heterocycles. The molecule has 0 unspecified atom stereocenters. The Kier molecular flexibility index (Phi) is 6.34. The van der Waals surface area contributed by atoms with E-state index in [4.69, 9.17) is 4.74 Å². The monoisotopic (exact) mass is 338 g/mol. The molecule has 1 heterocycles. The summed E-state index contributed by atoms with van der Waals surface area (Å²) in [5.41, 5.74) is 1.17. The molecule has 2 aromatic rings. The first-order valence-electron chi connectivity index (χ1n) is 6.91. The van der Waals surface area contributed by atoms with E-state index < -0.39 is 11.7 Å². The molecule has 122 valence electrons. The van der Waals surface area contributed by atoms with Crippen LogP contribution < -0.4 is 10.1 Å². The van der Waals surface area contributed by atoms with Gasteiger partial charge in [0.05, 0.1) is 12.7 Å². The zero-order chi connectivity index (χ0) is 16.7. The second kappa shape index (κ2) is 8.47. The van der Waals surface area contributed by atoms with Crippen LogP contribution in [0.15, 0.2) is 47.6 Å². The minimum absolute atomic E-state index is 0.0291. The third-order valence-electron chi connectivity index (χ3n) is 3.05. The minimum atomic E-state index is -2.62. The highest BCUT2D eigenvalue weighted by Gasteiger charge is 2.16. The van der Waals surface area contributed by atoms with Gasteiger partial charge in [0.25, 0.3) is 11.7 Å². The molecular weight excluding hydrogens is 322 g/mol. The van der Waals surface area contributed by atoms with Gasteiger partial charge in [0.2, 0.25) is 0 Å². The predicted octanol–water partition coefficient (Wildman–Crippen LogP) is 3.38. The lowest BCUT2D eigenvalue weighted by Gasteiger charge is -2.09. The smallest absolute Gasteiger partial charge is 0.290 e. The largest absolute Gasteiger partial charge is 0.497 e. The van der Waals surface area contributed by atoms with E-state index in [0.29, 0.717) is 13.0 Å². The number of carbonyl (C=O) groups excluding carboxylic acids is 1. The van der Waals surface area contributed by atoms with E-state index in [1.165, 1.54) is 12.3 Å². The van der Waals surface area contributed by atoms with Crippen LogP contribution in [-0.2, 0) is 6.42 Å². The summed E-state index contributed by atoms with van der Waals surface area (Å²) in [7, 11) is 1.59. The maximum absolute atomic E-state index is 12.5. The van der Waals surface area contributed by atoms with Crippen molar-refractivity contribution in [3.63, 3.8) is 0 Å². The fourth-order valence-electron chi connectivity index (χ4n) is 1.99. The molecule has 0 spiro atoms. The standard InChI is InChI=1S/C16H16F2N2O2S/c1-22-12-5-2-4-11(10-12)7-9-19-14(21)13-6-3-8-20-15(13)23-16(17)18/h2-6,8,10,16H,7,9H2,1H3,(H,19,21). The molecule has 1 N–H and O–H groups in total. The van der Waals surface area contributed by atoms with Crippen molar-refractivity contribution < 1.29 is 18.3 Å². The highest BCUT2D eigenvalue weighted by atomic mass is 32.2. The molecule has 0 aliphatic heterocycles. The summed E-state index contributed by atoms with van der Waals surface area (Å²) < 4.78 is 30.1. The molecule has 0 saturated carbocycles. The lowest BCUT2D eigenvalue weighted by Crippen LogP contribution is -2.26. The number of pyridine rings is 1. The topological polar surface area (TPSA) is 51.2 Å². The number of aromatic nitrogens is 1. The third kappa shape index (κ3) is 5.21. The molecule has 0 radical (unpaired) electrons. The van der Waals surface area contributed by atoms with Crippen LogP contribution in [0.5, 0.6) is 5.75 Å². The maximum atomic E-state index is 12.5. The number of hydrogen-bond acceptors (Lipinski definition) is 4. The average molecular weight is 338 g/mol. The van der Waals surface area contributed by atoms with Crippen molar-refractivity contribution in [3.05, 3.63) is 53.7 Å². The van der Waals surface area contributed by atoms with Crippen molar-refractivity contribution in [1.29, 1.82) is 0 Å². The van der Waals surface area contributed by atoms with Gasteiger partial charge < -0.3 is 10.1 Å². The van der Waals surface area contributed by atoms with E-state index in [9.17, 15) is 13.6 Å². The van der Waals surface area contributed by atoms with Gasteiger partial charge in [-0.1, -0.05) is 12.1 Å². The number of thioether (sulfide) groups is 1. The van der Waals surface area contributed by atoms with Crippen LogP contribution in [-0.4, -0.2) is 30.3 Å². The van der Waals surface area contributed by atoms with Gasteiger partial charge in [0.15, 0.2) is 0 Å². The first-order chi connectivity index (χ1) is 11.1. The molecule has 0 aliphatic carbocycles. The zero-order valence-electron chi connectivity index (χ0n) is 12.5. The van der Waals surface area contributed by atoms with E-state index in [2.05, 4.69) is 10.3 Å². The lowest BCUT2D eigenvalue weighted by atomic mass is 10.1. The number of hydrogen-bond donors (Lipinski definition) is 1. The van der Waals surface area contributed by atoms with Crippen molar-refractivity contribution in [2.75, 3.05) is 13.7 Å². The molecule has 23 heavy (non-hydrogen) atoms. The summed E-state index contributed by atoms with van der Waals surface area (Å²) in [6, 6.07) is 10.6. The first kappa shape index (κ1) is 17.2. The van der Waals surface area contributed by atoms with Crippen molar-refractivity contribution >= 4 is 17.7 Å². The second-order valence-corrected chi connectivity index (χ2v) is 5.57. The Labute approximate surface area is 137 Å². The first-order valence-corrected chi connectivity index (χ1v) is 7.79. The van der Waals surface area contributed by atoms with Crippen LogP contribution in [0.1, 0.15) is 15.9 Å². The molecule has 1 aromatic carbocycles. The molecule has 0 atom stereocenters. The van der Waals surface area contributed by atoms with Gasteiger partial charge in [-0.15, -0.1) is 0 Å². The summed E-state index contributed by atoms with van der Waals surface area (Å²) in [6.07, 6.45) is 2.00. The van der Waals surface area contributed by atoms with Crippen molar-refractivity contribution in [2.24, 2.45) is 0 Å². The van der Waals surface area contributed by atoms with Gasteiger partial charge in [-0.05, 0) is 48.0 Å². The number of nitrogens with one attached hydrogen (secondary N) is 1. The summed E-state index contributed by atoms with van der Waals surface area (Å²) in [5.74, 6) is -2.28. The van der Waals surface area contributed by atoms with Crippen molar-refractivity contribution in [3.8, 4) is 5.75 Å². The highest BCUT2D eigenvalue weighted by molar-refractivity contribution is 7.99. The number of amides is 1. The molecule has 4 nitrogen and oxygen atoms in total. The number of alkyl halides is 2. The van der Waals surface area contributed by atoms with Gasteiger partial charge in [-0.25, -0.2) is 4.98 Å². The minimum Gasteiger partial charge on any atom is -0.497 e. The van der Waals surface area contributed by atoms with Crippen LogP contribution in [0, 0.1) is 0 Å². The van der Waals surface area contributed by atoms with E-state index >= 15 is 0 Å². The van der Waals surface area contributed by atoms with Gasteiger partial charge in [0, 0.05) is 12.7 Å². The Bertz CT molecular complexity index is 668. The Morgan fingerprint density at radius 3 is 2.91 bits per heavy atom. The summed E-state index contributed by atoms with van der Waals surface area (Å²) in [4.78, 5) is 16.0. The maximum Gasteiger partial charge on any atom is 0.290 e. The summed E-state index contributed by atoms with van der Waals surface area (Å²) >= 11 is 0.266. The van der Waals surface area contributed by atoms with E-state index in [1.54, 1.807) is 13.2 Å². The van der Waals surface area contributed by atoms with E-state index in [0.717, 1.165) is 11.3 Å². The molecule has 7 heteroatoms. The Morgan fingerprint density at radius 1 is 1.35 bits per heavy atom. The van der Waals surface area contributed by atoms with Crippen LogP contribution in [0.2, 0.25) is 0 Å². The lowest BCUT2D eigenvalue weighted by molar-refractivity contribution is 0.0950. The van der Waals surface area contributed by atoms with Gasteiger partial charge in [-0.3, -0.25) is 4.79 Å². The highest BCUT2D eigenvalue weighted by Crippen LogP contribution is 2.26. The van der Waals surface area contributed by atoms with Gasteiger partial charge >= 0.3 is 0 Å². The Hall–Kier alpha value is -2.15. The number of carbonyl (C=O) groups is 1. The number of benzene rings is 1. The third-order valence-corrected chi connectivity index (χ3v) is 3.78. The predicted molar refractivity (Wildman–Crippen MR) is 85.1 cm³/mol. The fraction of sp³-hybridized carbons (Fsp3) is 0.250. The molecule has 0 fully saturated rings. The molecular formula is C16H16F2N2O2S. The fourth-order valence-corrected chi connectivity index (χ4v) is 2.56. The number of methoxy groups -OCH3 is 1. The molecule has 0 aliphatic rings. The molecule has 2 rings (SSSR count). The van der Waals surface area contributed by atoms with Crippen LogP contribution in [0.4, 0.5) is 8.78 Å². The average Bonchev–Trinajstić information content (AvgIpc) is 2.55. The van der Waals surface area contributed by atoms with Crippen LogP contribution >= 0.6 is 11.8 Å². The van der Waals surface area contributed by atoms with Crippen molar-refractivity contribution in [1.82, 2.24) is 10.3 Å². The van der Waals surface area contributed by atoms with Gasteiger partial charge in [0.1, 0.15) is 10.8 Å². The van der Waals surface area contributed by atoms with Crippen molar-refractivity contribution in [2.45, 2.75) is 17.2 Å². The van der Waals surface area contributed by atoms with Crippen LogP contribution in [0.3, 0.4) is 0 Å². The molecule has 0 bridgehead atoms. The molecule has 1 amide bonds. The Balaban J connectivity index is 1.94. The van der Waals surface area contributed by atoms with E-state index in [-0.39, 0.29) is 22.4 Å². The van der Waals surface area contributed by atoms with Crippen LogP contribution in [0.25, 0.3) is 0 Å².